The Bertz CT molecular complexity index is 433. The van der Waals surface area contributed by atoms with Crippen molar-refractivity contribution in [2.24, 2.45) is 5.73 Å². The van der Waals surface area contributed by atoms with E-state index >= 15 is 0 Å². The molecule has 1 fully saturated rings. The molecule has 1 atom stereocenters. The Labute approximate surface area is 122 Å². The molecule has 0 unspecified atom stereocenters. The average Bonchev–Trinajstić information content (AvgIpc) is 3.07. The summed E-state index contributed by atoms with van der Waals surface area (Å²) in [6, 6.07) is 7.76. The highest BCUT2D eigenvalue weighted by atomic mass is 79.9. The third-order valence-electron chi connectivity index (χ3n) is 3.31. The van der Waals surface area contributed by atoms with Crippen molar-refractivity contribution < 1.29 is 4.79 Å². The summed E-state index contributed by atoms with van der Waals surface area (Å²) < 4.78 is 1.12. The molecule has 1 aliphatic rings. The summed E-state index contributed by atoms with van der Waals surface area (Å²) in [5, 5.41) is 2.93. The van der Waals surface area contributed by atoms with Crippen LogP contribution in [0.5, 0.6) is 0 Å². The standard InChI is InChI=1S/C13H17BrN2O.ClH/c1-9(15)12(17)16-8-13(6-7-13)10-4-2-3-5-11(10)14;/h2-5,9H,6-8,15H2,1H3,(H,16,17);1H/t9-;/m0./s1. The summed E-state index contributed by atoms with van der Waals surface area (Å²) in [6.45, 7) is 2.38. The minimum Gasteiger partial charge on any atom is -0.354 e. The van der Waals surface area contributed by atoms with E-state index in [0.29, 0.717) is 6.54 Å². The van der Waals surface area contributed by atoms with Gasteiger partial charge in [0, 0.05) is 16.4 Å². The van der Waals surface area contributed by atoms with Gasteiger partial charge in [-0.1, -0.05) is 34.1 Å². The molecule has 0 heterocycles. The minimum absolute atomic E-state index is 0. The molecule has 1 saturated carbocycles. The van der Waals surface area contributed by atoms with Gasteiger partial charge in [0.2, 0.25) is 5.91 Å². The van der Waals surface area contributed by atoms with Gasteiger partial charge in [0.15, 0.2) is 0 Å². The van der Waals surface area contributed by atoms with Gasteiger partial charge in [-0.15, -0.1) is 12.4 Å². The highest BCUT2D eigenvalue weighted by molar-refractivity contribution is 9.10. The maximum Gasteiger partial charge on any atom is 0.236 e. The minimum atomic E-state index is -0.440. The molecule has 0 bridgehead atoms. The zero-order chi connectivity index (χ0) is 12.5. The van der Waals surface area contributed by atoms with Gasteiger partial charge in [-0.05, 0) is 31.4 Å². The number of halogens is 2. The van der Waals surface area contributed by atoms with E-state index in [2.05, 4.69) is 27.3 Å². The summed E-state index contributed by atoms with van der Waals surface area (Å²) in [7, 11) is 0. The molecule has 0 radical (unpaired) electrons. The smallest absolute Gasteiger partial charge is 0.236 e. The SMILES string of the molecule is C[C@H](N)C(=O)NCC1(c2ccccc2Br)CC1.Cl. The molecule has 3 N–H and O–H groups in total. The lowest BCUT2D eigenvalue weighted by Crippen LogP contribution is -2.41. The molecule has 1 aromatic carbocycles. The van der Waals surface area contributed by atoms with Crippen LogP contribution in [-0.2, 0) is 10.2 Å². The Balaban J connectivity index is 0.00000162. The highest BCUT2D eigenvalue weighted by Gasteiger charge is 2.45. The first kappa shape index (κ1) is 15.5. The number of hydrogen-bond acceptors (Lipinski definition) is 2. The van der Waals surface area contributed by atoms with Crippen LogP contribution >= 0.6 is 28.3 Å². The molecule has 1 aromatic rings. The van der Waals surface area contributed by atoms with E-state index in [4.69, 9.17) is 5.73 Å². The van der Waals surface area contributed by atoms with E-state index in [-0.39, 0.29) is 23.7 Å². The molecule has 1 amide bonds. The van der Waals surface area contributed by atoms with E-state index < -0.39 is 6.04 Å². The molecule has 0 spiro atoms. The van der Waals surface area contributed by atoms with Crippen LogP contribution in [0.25, 0.3) is 0 Å². The van der Waals surface area contributed by atoms with Crippen LogP contribution in [0.4, 0.5) is 0 Å². The Morgan fingerprint density at radius 2 is 2.11 bits per heavy atom. The van der Waals surface area contributed by atoms with E-state index in [1.54, 1.807) is 6.92 Å². The molecule has 18 heavy (non-hydrogen) atoms. The number of hydrogen-bond donors (Lipinski definition) is 2. The number of benzene rings is 1. The zero-order valence-corrected chi connectivity index (χ0v) is 12.7. The third-order valence-corrected chi connectivity index (χ3v) is 4.00. The predicted molar refractivity (Wildman–Crippen MR) is 79.0 cm³/mol. The van der Waals surface area contributed by atoms with Crippen molar-refractivity contribution in [3.05, 3.63) is 34.3 Å². The first-order valence-corrected chi connectivity index (χ1v) is 6.63. The van der Waals surface area contributed by atoms with Gasteiger partial charge in [0.05, 0.1) is 6.04 Å². The summed E-state index contributed by atoms with van der Waals surface area (Å²) in [5.41, 5.74) is 6.93. The van der Waals surface area contributed by atoms with E-state index in [0.717, 1.165) is 17.3 Å². The number of nitrogens with one attached hydrogen (secondary N) is 1. The van der Waals surface area contributed by atoms with Crippen molar-refractivity contribution in [1.82, 2.24) is 5.32 Å². The normalized spacial score (nSPS) is 17.5. The first-order valence-electron chi connectivity index (χ1n) is 5.83. The third kappa shape index (κ3) is 3.25. The van der Waals surface area contributed by atoms with Gasteiger partial charge >= 0.3 is 0 Å². The first-order chi connectivity index (χ1) is 8.05. The van der Waals surface area contributed by atoms with Crippen molar-refractivity contribution in [2.45, 2.75) is 31.2 Å². The maximum absolute atomic E-state index is 11.5. The lowest BCUT2D eigenvalue weighted by atomic mass is 9.96. The topological polar surface area (TPSA) is 55.1 Å². The largest absolute Gasteiger partial charge is 0.354 e. The van der Waals surface area contributed by atoms with Crippen LogP contribution < -0.4 is 11.1 Å². The molecule has 1 aliphatic carbocycles. The summed E-state index contributed by atoms with van der Waals surface area (Å²) >= 11 is 3.57. The highest BCUT2D eigenvalue weighted by Crippen LogP contribution is 2.49. The quantitative estimate of drug-likeness (QED) is 0.889. The summed E-state index contributed by atoms with van der Waals surface area (Å²) in [4.78, 5) is 11.5. The molecule has 0 aromatic heterocycles. The monoisotopic (exact) mass is 332 g/mol. The average molecular weight is 334 g/mol. The zero-order valence-electron chi connectivity index (χ0n) is 10.3. The van der Waals surface area contributed by atoms with E-state index in [1.807, 2.05) is 18.2 Å². The van der Waals surface area contributed by atoms with Crippen molar-refractivity contribution in [3.63, 3.8) is 0 Å². The fraction of sp³-hybridized carbons (Fsp3) is 0.462. The Morgan fingerprint density at radius 3 is 2.61 bits per heavy atom. The molecule has 0 saturated heterocycles. The number of amides is 1. The van der Waals surface area contributed by atoms with E-state index in [9.17, 15) is 4.79 Å². The van der Waals surface area contributed by atoms with Crippen LogP contribution in [0.1, 0.15) is 25.3 Å². The Morgan fingerprint density at radius 1 is 1.50 bits per heavy atom. The van der Waals surface area contributed by atoms with Gasteiger partial charge in [0.1, 0.15) is 0 Å². The second-order valence-electron chi connectivity index (χ2n) is 4.77. The van der Waals surface area contributed by atoms with Crippen molar-refractivity contribution in [3.8, 4) is 0 Å². The molecule has 3 nitrogen and oxygen atoms in total. The second kappa shape index (κ2) is 6.04. The molecule has 2 rings (SSSR count). The van der Waals surface area contributed by atoms with Crippen LogP contribution in [-0.4, -0.2) is 18.5 Å². The predicted octanol–water partition coefficient (Wildman–Crippen LogP) is 2.37. The molecular weight excluding hydrogens is 316 g/mol. The van der Waals surface area contributed by atoms with Gasteiger partial charge in [-0.25, -0.2) is 0 Å². The number of nitrogens with two attached hydrogens (primary N) is 1. The number of carbonyl (C=O) groups excluding carboxylic acids is 1. The lowest BCUT2D eigenvalue weighted by molar-refractivity contribution is -0.122. The maximum atomic E-state index is 11.5. The lowest BCUT2D eigenvalue weighted by Gasteiger charge is -2.18. The van der Waals surface area contributed by atoms with Gasteiger partial charge < -0.3 is 11.1 Å². The van der Waals surface area contributed by atoms with Gasteiger partial charge in [0.25, 0.3) is 0 Å². The van der Waals surface area contributed by atoms with Crippen molar-refractivity contribution in [2.75, 3.05) is 6.54 Å². The van der Waals surface area contributed by atoms with Crippen LogP contribution in [0, 0.1) is 0 Å². The molecular formula is C13H18BrClN2O. The fourth-order valence-corrected chi connectivity index (χ4v) is 2.71. The second-order valence-corrected chi connectivity index (χ2v) is 5.62. The molecule has 100 valence electrons. The van der Waals surface area contributed by atoms with E-state index in [1.165, 1.54) is 5.56 Å². The number of carbonyl (C=O) groups is 1. The Kier molecular flexibility index (Phi) is 5.20. The summed E-state index contributed by atoms with van der Waals surface area (Å²) in [5.74, 6) is -0.0803. The van der Waals surface area contributed by atoms with Crippen LogP contribution in [0.2, 0.25) is 0 Å². The van der Waals surface area contributed by atoms with Gasteiger partial charge in [-0.3, -0.25) is 4.79 Å². The van der Waals surface area contributed by atoms with Crippen molar-refractivity contribution >= 4 is 34.2 Å². The molecule has 0 aliphatic heterocycles. The van der Waals surface area contributed by atoms with Gasteiger partial charge in [-0.2, -0.15) is 0 Å². The van der Waals surface area contributed by atoms with Crippen LogP contribution in [0.3, 0.4) is 0 Å². The van der Waals surface area contributed by atoms with Crippen molar-refractivity contribution in [1.29, 1.82) is 0 Å². The number of rotatable bonds is 4. The summed E-state index contributed by atoms with van der Waals surface area (Å²) in [6.07, 6.45) is 2.24. The fourth-order valence-electron chi connectivity index (χ4n) is 2.00. The van der Waals surface area contributed by atoms with Crippen LogP contribution in [0.15, 0.2) is 28.7 Å². The Hall–Kier alpha value is -0.580. The molecule has 5 heteroatoms.